The van der Waals surface area contributed by atoms with Crippen molar-refractivity contribution in [2.75, 3.05) is 62.2 Å². The zero-order valence-electron chi connectivity index (χ0n) is 20.5. The molecular formula is C25H29F3N6O3. The van der Waals surface area contributed by atoms with Gasteiger partial charge in [0.05, 0.1) is 24.1 Å². The molecule has 3 aliphatic rings. The number of halogens is 3. The number of fused-ring (bicyclic) bond motifs is 3. The van der Waals surface area contributed by atoms with Gasteiger partial charge in [0.1, 0.15) is 0 Å². The minimum Gasteiger partial charge on any atom is -0.450 e. The van der Waals surface area contributed by atoms with E-state index in [1.165, 1.54) is 12.1 Å². The molecule has 2 atom stereocenters. The molecule has 3 aliphatic heterocycles. The second-order valence-electron chi connectivity index (χ2n) is 9.42. The number of carbonyl (C=O) groups is 2. The summed E-state index contributed by atoms with van der Waals surface area (Å²) in [5.74, 6) is -0.0938. The van der Waals surface area contributed by atoms with Gasteiger partial charge in [-0.15, -0.1) is 0 Å². The SMILES string of the molecule is CCOC(=O)N1CCN(C(=O)[C@H]2Cc3cc(C(F)(F)F)ccc3N3CCN(c4ncccn4)C[C@@H]23)CC1. The highest BCUT2D eigenvalue weighted by atomic mass is 19.4. The fourth-order valence-electron chi connectivity index (χ4n) is 5.48. The standard InChI is InChI=1S/C25H29F3N6O3/c1-2-37-24(36)32-10-8-31(9-11-32)22(35)19-15-17-14-18(25(26,27)28)4-5-20(17)34-13-12-33(16-21(19)34)23-29-6-3-7-30-23/h3-7,14,19,21H,2,8-13,15-16H2,1H3/t19-,21-/m0/s1. The second-order valence-corrected chi connectivity index (χ2v) is 9.42. The second kappa shape index (κ2) is 10.1. The largest absolute Gasteiger partial charge is 0.450 e. The Balaban J connectivity index is 1.41. The molecule has 0 radical (unpaired) electrons. The number of piperazine rings is 2. The van der Waals surface area contributed by atoms with Gasteiger partial charge in [0, 0.05) is 63.9 Å². The number of nitrogens with zero attached hydrogens (tertiary/aromatic N) is 6. The third-order valence-corrected chi connectivity index (χ3v) is 7.31. The highest BCUT2D eigenvalue weighted by Gasteiger charge is 2.44. The first-order valence-corrected chi connectivity index (χ1v) is 12.5. The molecule has 12 heteroatoms. The highest BCUT2D eigenvalue weighted by Crippen LogP contribution is 2.40. The van der Waals surface area contributed by atoms with Crippen molar-refractivity contribution < 1.29 is 27.5 Å². The lowest BCUT2D eigenvalue weighted by Crippen LogP contribution is -2.63. The number of alkyl halides is 3. The molecule has 4 heterocycles. The Kier molecular flexibility index (Phi) is 6.82. The average molecular weight is 519 g/mol. The van der Waals surface area contributed by atoms with Crippen LogP contribution in [0.1, 0.15) is 18.1 Å². The van der Waals surface area contributed by atoms with Gasteiger partial charge < -0.3 is 24.3 Å². The quantitative estimate of drug-likeness (QED) is 0.618. The Morgan fingerprint density at radius 3 is 2.41 bits per heavy atom. The number of amides is 2. The first-order chi connectivity index (χ1) is 17.8. The van der Waals surface area contributed by atoms with E-state index in [0.717, 1.165) is 11.8 Å². The van der Waals surface area contributed by atoms with Crippen molar-refractivity contribution in [2.45, 2.75) is 25.6 Å². The molecule has 1 aromatic heterocycles. The topological polar surface area (TPSA) is 82.1 Å². The molecule has 0 aliphatic carbocycles. The Labute approximate surface area is 212 Å². The minimum absolute atomic E-state index is 0.114. The average Bonchev–Trinajstić information content (AvgIpc) is 2.91. The van der Waals surface area contributed by atoms with Crippen molar-refractivity contribution in [1.82, 2.24) is 19.8 Å². The maximum absolute atomic E-state index is 13.8. The summed E-state index contributed by atoms with van der Waals surface area (Å²) in [6.07, 6.45) is -1.33. The van der Waals surface area contributed by atoms with Gasteiger partial charge in [-0.2, -0.15) is 13.2 Å². The van der Waals surface area contributed by atoms with Gasteiger partial charge in [0.15, 0.2) is 0 Å². The zero-order chi connectivity index (χ0) is 26.2. The number of hydrogen-bond donors (Lipinski definition) is 0. The van der Waals surface area contributed by atoms with Crippen molar-refractivity contribution >= 4 is 23.6 Å². The molecule has 2 amide bonds. The first kappa shape index (κ1) is 25.1. The predicted octanol–water partition coefficient (Wildman–Crippen LogP) is 2.66. The van der Waals surface area contributed by atoms with Gasteiger partial charge in [0.2, 0.25) is 11.9 Å². The van der Waals surface area contributed by atoms with Crippen LogP contribution in [0.15, 0.2) is 36.7 Å². The molecule has 0 N–H and O–H groups in total. The molecule has 2 aromatic rings. The fourth-order valence-corrected chi connectivity index (χ4v) is 5.48. The molecule has 0 bridgehead atoms. The summed E-state index contributed by atoms with van der Waals surface area (Å²) in [5.41, 5.74) is 0.553. The van der Waals surface area contributed by atoms with Crippen molar-refractivity contribution in [3.8, 4) is 0 Å². The van der Waals surface area contributed by atoms with Crippen LogP contribution in [0.2, 0.25) is 0 Å². The summed E-state index contributed by atoms with van der Waals surface area (Å²) < 4.78 is 45.5. The summed E-state index contributed by atoms with van der Waals surface area (Å²) in [5, 5.41) is 0. The van der Waals surface area contributed by atoms with Crippen LogP contribution in [0.5, 0.6) is 0 Å². The van der Waals surface area contributed by atoms with Crippen LogP contribution in [0.25, 0.3) is 0 Å². The lowest BCUT2D eigenvalue weighted by atomic mass is 9.82. The number of hydrogen-bond acceptors (Lipinski definition) is 7. The van der Waals surface area contributed by atoms with E-state index in [0.29, 0.717) is 57.3 Å². The van der Waals surface area contributed by atoms with Crippen LogP contribution in [-0.2, 0) is 22.1 Å². The summed E-state index contributed by atoms with van der Waals surface area (Å²) in [6, 6.07) is 5.30. The Hall–Kier alpha value is -3.57. The van der Waals surface area contributed by atoms with Crippen molar-refractivity contribution in [2.24, 2.45) is 5.92 Å². The maximum atomic E-state index is 13.8. The summed E-state index contributed by atoms with van der Waals surface area (Å²) >= 11 is 0. The van der Waals surface area contributed by atoms with E-state index in [4.69, 9.17) is 4.74 Å². The van der Waals surface area contributed by atoms with Gasteiger partial charge in [-0.3, -0.25) is 4.79 Å². The van der Waals surface area contributed by atoms with Crippen molar-refractivity contribution in [3.63, 3.8) is 0 Å². The van der Waals surface area contributed by atoms with Gasteiger partial charge in [0.25, 0.3) is 0 Å². The van der Waals surface area contributed by atoms with Crippen LogP contribution in [-0.4, -0.2) is 90.2 Å². The molecule has 0 unspecified atom stereocenters. The number of benzene rings is 1. The summed E-state index contributed by atoms with van der Waals surface area (Å²) in [6.45, 7) is 5.01. The van der Waals surface area contributed by atoms with Crippen LogP contribution in [0.3, 0.4) is 0 Å². The summed E-state index contributed by atoms with van der Waals surface area (Å²) in [4.78, 5) is 42.0. The van der Waals surface area contributed by atoms with Gasteiger partial charge in [-0.05, 0) is 43.2 Å². The summed E-state index contributed by atoms with van der Waals surface area (Å²) in [7, 11) is 0. The van der Waals surface area contributed by atoms with Crippen molar-refractivity contribution in [1.29, 1.82) is 0 Å². The fraction of sp³-hybridized carbons (Fsp3) is 0.520. The predicted molar refractivity (Wildman–Crippen MR) is 129 cm³/mol. The molecule has 2 saturated heterocycles. The highest BCUT2D eigenvalue weighted by molar-refractivity contribution is 5.83. The number of carbonyl (C=O) groups excluding carboxylic acids is 2. The van der Waals surface area contributed by atoms with Gasteiger partial charge in [-0.1, -0.05) is 0 Å². The molecule has 37 heavy (non-hydrogen) atoms. The number of rotatable bonds is 3. The maximum Gasteiger partial charge on any atom is 0.416 e. The zero-order valence-corrected chi connectivity index (χ0v) is 20.5. The lowest BCUT2D eigenvalue weighted by molar-refractivity contribution is -0.138. The number of anilines is 2. The molecule has 1 aromatic carbocycles. The van der Waals surface area contributed by atoms with Crippen LogP contribution >= 0.6 is 0 Å². The van der Waals surface area contributed by atoms with E-state index in [9.17, 15) is 22.8 Å². The molecule has 0 spiro atoms. The van der Waals surface area contributed by atoms with E-state index in [2.05, 4.69) is 14.9 Å². The monoisotopic (exact) mass is 518 g/mol. The van der Waals surface area contributed by atoms with Crippen LogP contribution < -0.4 is 9.80 Å². The van der Waals surface area contributed by atoms with Crippen molar-refractivity contribution in [3.05, 3.63) is 47.8 Å². The molecule has 2 fully saturated rings. The Bertz CT molecular complexity index is 1140. The molecular weight excluding hydrogens is 489 g/mol. The Morgan fingerprint density at radius 1 is 1.03 bits per heavy atom. The van der Waals surface area contributed by atoms with Crippen LogP contribution in [0.4, 0.5) is 29.6 Å². The number of ether oxygens (including phenoxy) is 1. The first-order valence-electron chi connectivity index (χ1n) is 12.5. The van der Waals surface area contributed by atoms with Gasteiger partial charge >= 0.3 is 12.3 Å². The lowest BCUT2D eigenvalue weighted by Gasteiger charge is -2.50. The minimum atomic E-state index is -4.46. The van der Waals surface area contributed by atoms with Gasteiger partial charge in [-0.25, -0.2) is 14.8 Å². The molecule has 5 rings (SSSR count). The molecule has 9 nitrogen and oxygen atoms in total. The Morgan fingerprint density at radius 2 is 1.73 bits per heavy atom. The van der Waals surface area contributed by atoms with E-state index in [-0.39, 0.29) is 25.0 Å². The van der Waals surface area contributed by atoms with E-state index < -0.39 is 23.8 Å². The third kappa shape index (κ3) is 5.01. The van der Waals surface area contributed by atoms with E-state index in [1.54, 1.807) is 35.2 Å². The van der Waals surface area contributed by atoms with Crippen LogP contribution in [0, 0.1) is 5.92 Å². The molecule has 0 saturated carbocycles. The van der Waals surface area contributed by atoms with E-state index in [1.807, 2.05) is 4.90 Å². The normalized spacial score (nSPS) is 21.8. The smallest absolute Gasteiger partial charge is 0.416 e. The number of aromatic nitrogens is 2. The van der Waals surface area contributed by atoms with E-state index >= 15 is 0 Å². The molecule has 198 valence electrons. The third-order valence-electron chi connectivity index (χ3n) is 7.31.